The van der Waals surface area contributed by atoms with E-state index in [2.05, 4.69) is 0 Å². The summed E-state index contributed by atoms with van der Waals surface area (Å²) < 4.78 is 4.94. The fourth-order valence-electron chi connectivity index (χ4n) is 3.15. The van der Waals surface area contributed by atoms with Crippen LogP contribution in [0.1, 0.15) is 43.3 Å². The summed E-state index contributed by atoms with van der Waals surface area (Å²) in [6.07, 6.45) is 3.34. The molecule has 3 rings (SSSR count). The minimum atomic E-state index is -0.0793. The van der Waals surface area contributed by atoms with Gasteiger partial charge in [-0.15, -0.1) is 11.3 Å². The van der Waals surface area contributed by atoms with Gasteiger partial charge in [0, 0.05) is 54.3 Å². The number of hydrogen-bond donors (Lipinski definition) is 0. The number of piperazine rings is 1. The third-order valence-corrected chi connectivity index (χ3v) is 5.56. The Bertz CT molecular complexity index is 802. The van der Waals surface area contributed by atoms with Gasteiger partial charge in [0.05, 0.1) is 11.8 Å². The largest absolute Gasteiger partial charge is 0.472 e. The van der Waals surface area contributed by atoms with Crippen molar-refractivity contribution in [2.45, 2.75) is 26.7 Å². The van der Waals surface area contributed by atoms with E-state index in [0.717, 1.165) is 15.3 Å². The molecule has 1 saturated heterocycles. The summed E-state index contributed by atoms with van der Waals surface area (Å²) >= 11 is 1.60. The van der Waals surface area contributed by atoms with Crippen LogP contribution in [0.5, 0.6) is 0 Å². The molecule has 0 aromatic carbocycles. The van der Waals surface area contributed by atoms with Gasteiger partial charge in [-0.05, 0) is 26.0 Å². The highest BCUT2D eigenvalue weighted by Gasteiger charge is 2.25. The maximum Gasteiger partial charge on any atom is 0.257 e. The molecule has 6 nitrogen and oxygen atoms in total. The highest BCUT2D eigenvalue weighted by molar-refractivity contribution is 7.12. The van der Waals surface area contributed by atoms with Gasteiger partial charge in [-0.25, -0.2) is 0 Å². The normalized spacial score (nSPS) is 14.5. The number of rotatable bonds is 5. The van der Waals surface area contributed by atoms with Gasteiger partial charge in [-0.2, -0.15) is 0 Å². The van der Waals surface area contributed by atoms with Crippen molar-refractivity contribution in [1.82, 2.24) is 9.80 Å². The molecule has 138 valence electrons. The number of nitrogens with zero attached hydrogens (tertiary/aromatic N) is 2. The zero-order valence-electron chi connectivity index (χ0n) is 15.0. The molecule has 2 aromatic rings. The van der Waals surface area contributed by atoms with Gasteiger partial charge in [0.15, 0.2) is 5.78 Å². The predicted octanol–water partition coefficient (Wildman–Crippen LogP) is 2.91. The minimum absolute atomic E-state index is 0.0222. The molecule has 26 heavy (non-hydrogen) atoms. The molecule has 1 fully saturated rings. The van der Waals surface area contributed by atoms with Gasteiger partial charge in [-0.1, -0.05) is 0 Å². The monoisotopic (exact) mass is 374 g/mol. The molecule has 7 heteroatoms. The Morgan fingerprint density at radius 3 is 2.35 bits per heavy atom. The molecule has 1 aliphatic heterocycles. The van der Waals surface area contributed by atoms with E-state index in [4.69, 9.17) is 4.42 Å². The van der Waals surface area contributed by atoms with E-state index in [0.29, 0.717) is 31.7 Å². The lowest BCUT2D eigenvalue weighted by molar-refractivity contribution is -0.132. The fraction of sp³-hybridized carbons (Fsp3) is 0.421. The molecule has 1 aliphatic rings. The molecule has 0 radical (unpaired) electrons. The van der Waals surface area contributed by atoms with Crippen LogP contribution in [0.2, 0.25) is 0 Å². The molecule has 0 saturated carbocycles. The highest BCUT2D eigenvalue weighted by Crippen LogP contribution is 2.22. The molecule has 3 heterocycles. The first-order valence-corrected chi connectivity index (χ1v) is 9.47. The topological polar surface area (TPSA) is 70.8 Å². The number of amides is 2. The van der Waals surface area contributed by atoms with E-state index >= 15 is 0 Å². The van der Waals surface area contributed by atoms with Gasteiger partial charge in [0.25, 0.3) is 5.91 Å². The first kappa shape index (κ1) is 18.4. The average Bonchev–Trinajstić information content (AvgIpc) is 3.28. The number of hydrogen-bond acceptors (Lipinski definition) is 5. The highest BCUT2D eigenvalue weighted by atomic mass is 32.1. The molecule has 0 N–H and O–H groups in total. The van der Waals surface area contributed by atoms with Crippen LogP contribution >= 0.6 is 11.3 Å². The zero-order valence-corrected chi connectivity index (χ0v) is 15.8. The van der Waals surface area contributed by atoms with Gasteiger partial charge in [0.1, 0.15) is 6.26 Å². The molecular formula is C19H22N2O4S. The van der Waals surface area contributed by atoms with Crippen molar-refractivity contribution in [1.29, 1.82) is 0 Å². The Labute approximate surface area is 156 Å². The molecule has 0 atom stereocenters. The molecular weight excluding hydrogens is 352 g/mol. The standard InChI is InChI=1S/C19H22N2O4S/c1-13-11-16(14(2)26-13)17(22)3-4-18(23)20-6-8-21(9-7-20)19(24)15-5-10-25-12-15/h5,10-12H,3-4,6-9H2,1-2H3. The number of ketones is 1. The first-order chi connectivity index (χ1) is 12.5. The lowest BCUT2D eigenvalue weighted by Gasteiger charge is -2.34. The van der Waals surface area contributed by atoms with E-state index in [1.54, 1.807) is 27.2 Å². The van der Waals surface area contributed by atoms with Crippen molar-refractivity contribution in [3.8, 4) is 0 Å². The first-order valence-electron chi connectivity index (χ1n) is 8.65. The van der Waals surface area contributed by atoms with E-state index < -0.39 is 0 Å². The van der Waals surface area contributed by atoms with Crippen molar-refractivity contribution < 1.29 is 18.8 Å². The van der Waals surface area contributed by atoms with E-state index in [1.807, 2.05) is 19.9 Å². The zero-order chi connectivity index (χ0) is 18.7. The van der Waals surface area contributed by atoms with E-state index in [1.165, 1.54) is 12.5 Å². The fourth-order valence-corrected chi connectivity index (χ4v) is 4.09. The van der Waals surface area contributed by atoms with Crippen molar-refractivity contribution in [2.24, 2.45) is 0 Å². The summed E-state index contributed by atoms with van der Waals surface area (Å²) in [5.74, 6) is -0.0864. The number of furan rings is 1. The third kappa shape index (κ3) is 4.04. The second-order valence-electron chi connectivity index (χ2n) is 6.44. The predicted molar refractivity (Wildman–Crippen MR) is 98.5 cm³/mol. The number of carbonyl (C=O) groups excluding carboxylic acids is 3. The number of Topliss-reactive ketones (excluding diaryl/α,β-unsaturated/α-hetero) is 1. The van der Waals surface area contributed by atoms with Gasteiger partial charge < -0.3 is 14.2 Å². The van der Waals surface area contributed by atoms with Crippen LogP contribution in [0.25, 0.3) is 0 Å². The Hall–Kier alpha value is -2.41. The average molecular weight is 374 g/mol. The van der Waals surface area contributed by atoms with Gasteiger partial charge in [-0.3, -0.25) is 14.4 Å². The molecule has 0 unspecified atom stereocenters. The Balaban J connectivity index is 1.47. The molecule has 0 aliphatic carbocycles. The second kappa shape index (κ2) is 7.86. The van der Waals surface area contributed by atoms with Crippen LogP contribution < -0.4 is 0 Å². The van der Waals surface area contributed by atoms with Crippen molar-refractivity contribution in [2.75, 3.05) is 26.2 Å². The van der Waals surface area contributed by atoms with Crippen molar-refractivity contribution in [3.05, 3.63) is 45.5 Å². The van der Waals surface area contributed by atoms with E-state index in [-0.39, 0.29) is 30.4 Å². The number of carbonyl (C=O) groups is 3. The SMILES string of the molecule is Cc1cc(C(=O)CCC(=O)N2CCN(C(=O)c3ccoc3)CC2)c(C)s1. The van der Waals surface area contributed by atoms with E-state index in [9.17, 15) is 14.4 Å². The summed E-state index contributed by atoms with van der Waals surface area (Å²) in [6.45, 7) is 5.88. The maximum absolute atomic E-state index is 12.4. The van der Waals surface area contributed by atoms with Gasteiger partial charge >= 0.3 is 0 Å². The van der Waals surface area contributed by atoms with Crippen LogP contribution in [0, 0.1) is 13.8 Å². The summed E-state index contributed by atoms with van der Waals surface area (Å²) in [7, 11) is 0. The van der Waals surface area contributed by atoms with Gasteiger partial charge in [0.2, 0.25) is 5.91 Å². The summed E-state index contributed by atoms with van der Waals surface area (Å²) in [5.41, 5.74) is 1.26. The maximum atomic E-state index is 12.4. The molecule has 0 spiro atoms. The molecule has 0 bridgehead atoms. The van der Waals surface area contributed by atoms with Crippen molar-refractivity contribution >= 4 is 28.9 Å². The lowest BCUT2D eigenvalue weighted by atomic mass is 10.1. The molecule has 2 amide bonds. The summed E-state index contributed by atoms with van der Waals surface area (Å²) in [6, 6.07) is 3.53. The Morgan fingerprint density at radius 2 is 1.77 bits per heavy atom. The summed E-state index contributed by atoms with van der Waals surface area (Å²) in [5, 5.41) is 0. The summed E-state index contributed by atoms with van der Waals surface area (Å²) in [4.78, 5) is 42.5. The second-order valence-corrected chi connectivity index (χ2v) is 7.90. The van der Waals surface area contributed by atoms with Crippen LogP contribution in [0.15, 0.2) is 29.1 Å². The lowest BCUT2D eigenvalue weighted by Crippen LogP contribution is -2.50. The Morgan fingerprint density at radius 1 is 1.08 bits per heavy atom. The van der Waals surface area contributed by atoms with Crippen LogP contribution in [0.4, 0.5) is 0 Å². The number of thiophene rings is 1. The quantitative estimate of drug-likeness (QED) is 0.755. The van der Waals surface area contributed by atoms with Crippen molar-refractivity contribution in [3.63, 3.8) is 0 Å². The minimum Gasteiger partial charge on any atom is -0.472 e. The van der Waals surface area contributed by atoms with Crippen LogP contribution in [0.3, 0.4) is 0 Å². The number of aryl methyl sites for hydroxylation is 2. The molecule has 2 aromatic heterocycles. The van der Waals surface area contributed by atoms with Crippen LogP contribution in [-0.4, -0.2) is 53.6 Å². The smallest absolute Gasteiger partial charge is 0.257 e. The third-order valence-electron chi connectivity index (χ3n) is 4.60. The Kier molecular flexibility index (Phi) is 5.56. The van der Waals surface area contributed by atoms with Crippen LogP contribution in [-0.2, 0) is 4.79 Å².